The van der Waals surface area contributed by atoms with Crippen molar-refractivity contribution in [1.82, 2.24) is 0 Å². The molecule has 6 nitrogen and oxygen atoms in total. The highest BCUT2D eigenvalue weighted by Crippen LogP contribution is 2.30. The van der Waals surface area contributed by atoms with Crippen molar-refractivity contribution in [2.75, 3.05) is 14.2 Å². The molecule has 0 aromatic heterocycles. The minimum Gasteiger partial charge on any atom is -0.464 e. The first-order valence-electron chi connectivity index (χ1n) is 10.2. The molecular formula is C24H27F3N2O4. The van der Waals surface area contributed by atoms with Crippen LogP contribution in [0.3, 0.4) is 0 Å². The van der Waals surface area contributed by atoms with Crippen LogP contribution in [-0.4, -0.2) is 31.6 Å². The summed E-state index contributed by atoms with van der Waals surface area (Å²) in [6.07, 6.45) is -4.04. The molecule has 0 aliphatic rings. The Morgan fingerprint density at radius 2 is 1.76 bits per heavy atom. The molecule has 0 aliphatic carbocycles. The highest BCUT2D eigenvalue weighted by atomic mass is 19.4. The molecule has 0 amide bonds. The van der Waals surface area contributed by atoms with Crippen molar-refractivity contribution in [3.05, 3.63) is 70.3 Å². The molecule has 2 aromatic carbocycles. The van der Waals surface area contributed by atoms with Gasteiger partial charge in [0.2, 0.25) is 0 Å². The molecule has 0 aliphatic heterocycles. The number of hydrogen-bond donors (Lipinski definition) is 0. The van der Waals surface area contributed by atoms with Gasteiger partial charge in [-0.25, -0.2) is 4.79 Å². The minimum atomic E-state index is -4.46. The molecule has 9 heteroatoms. The molecule has 0 N–H and O–H groups in total. The predicted molar refractivity (Wildman–Crippen MR) is 119 cm³/mol. The molecule has 0 fully saturated rings. The zero-order valence-electron chi connectivity index (χ0n) is 19.2. The largest absolute Gasteiger partial charge is 0.464 e. The number of ether oxygens (including phenoxy) is 1. The Bertz CT molecular complexity index is 1030. The first-order valence-corrected chi connectivity index (χ1v) is 10.2. The van der Waals surface area contributed by atoms with Crippen LogP contribution in [0.5, 0.6) is 0 Å². The smallest absolute Gasteiger partial charge is 0.416 e. The summed E-state index contributed by atoms with van der Waals surface area (Å²) in [5, 5.41) is 7.94. The fraction of sp³-hybridized carbons (Fsp3) is 0.375. The molecule has 33 heavy (non-hydrogen) atoms. The van der Waals surface area contributed by atoms with Crippen LogP contribution >= 0.6 is 0 Å². The third-order valence-corrected chi connectivity index (χ3v) is 4.74. The number of nitrogens with zero attached hydrogens (tertiary/aromatic N) is 2. The Balaban J connectivity index is 2.40. The van der Waals surface area contributed by atoms with Crippen molar-refractivity contribution in [2.24, 2.45) is 16.2 Å². The first kappa shape index (κ1) is 25.9. The fourth-order valence-corrected chi connectivity index (χ4v) is 3.14. The SMILES string of the molecule is CO/N=C(/C(=O)OC)c1cccc(C)c1CO/N=C(\CC(C)C)c1cccc(C(F)(F)F)c1. The van der Waals surface area contributed by atoms with Crippen LogP contribution < -0.4 is 0 Å². The lowest BCUT2D eigenvalue weighted by Gasteiger charge is -2.14. The van der Waals surface area contributed by atoms with E-state index in [0.717, 1.165) is 17.7 Å². The Labute approximate surface area is 191 Å². The number of rotatable bonds is 9. The minimum absolute atomic E-state index is 0.0356. The number of hydrogen-bond acceptors (Lipinski definition) is 6. The molecule has 0 bridgehead atoms. The van der Waals surface area contributed by atoms with E-state index in [9.17, 15) is 18.0 Å². The summed E-state index contributed by atoms with van der Waals surface area (Å²) < 4.78 is 44.3. The zero-order chi connectivity index (χ0) is 24.6. The summed E-state index contributed by atoms with van der Waals surface area (Å²) in [5.74, 6) is -0.549. The van der Waals surface area contributed by atoms with Crippen LogP contribution in [0.1, 0.15) is 48.1 Å². The van der Waals surface area contributed by atoms with Crippen LogP contribution in [0.25, 0.3) is 0 Å². The maximum Gasteiger partial charge on any atom is 0.416 e. The van der Waals surface area contributed by atoms with Crippen LogP contribution in [-0.2, 0) is 32.0 Å². The summed E-state index contributed by atoms with van der Waals surface area (Å²) in [7, 11) is 2.55. The second-order valence-electron chi connectivity index (χ2n) is 7.70. The first-order chi connectivity index (χ1) is 15.6. The topological polar surface area (TPSA) is 69.5 Å². The van der Waals surface area contributed by atoms with E-state index in [2.05, 4.69) is 10.3 Å². The summed E-state index contributed by atoms with van der Waals surface area (Å²) >= 11 is 0. The van der Waals surface area contributed by atoms with E-state index in [1.807, 2.05) is 26.8 Å². The molecule has 0 saturated carbocycles. The van der Waals surface area contributed by atoms with E-state index in [1.54, 1.807) is 18.2 Å². The lowest BCUT2D eigenvalue weighted by atomic mass is 9.98. The highest BCUT2D eigenvalue weighted by Gasteiger charge is 2.30. The van der Waals surface area contributed by atoms with Gasteiger partial charge in [0.1, 0.15) is 13.7 Å². The van der Waals surface area contributed by atoms with E-state index in [1.165, 1.54) is 20.3 Å². The molecule has 0 saturated heterocycles. The normalized spacial score (nSPS) is 12.6. The number of aryl methyl sites for hydroxylation is 1. The van der Waals surface area contributed by atoms with Crippen molar-refractivity contribution in [3.63, 3.8) is 0 Å². The quantitative estimate of drug-likeness (QED) is 0.279. The van der Waals surface area contributed by atoms with Crippen molar-refractivity contribution >= 4 is 17.4 Å². The molecule has 2 rings (SSSR count). The van der Waals surface area contributed by atoms with E-state index in [0.29, 0.717) is 28.8 Å². The number of esters is 1. The van der Waals surface area contributed by atoms with Gasteiger partial charge in [0.15, 0.2) is 5.71 Å². The summed E-state index contributed by atoms with van der Waals surface area (Å²) in [6, 6.07) is 10.2. The van der Waals surface area contributed by atoms with E-state index >= 15 is 0 Å². The number of carbonyl (C=O) groups is 1. The third kappa shape index (κ3) is 7.06. The van der Waals surface area contributed by atoms with Gasteiger partial charge in [-0.15, -0.1) is 0 Å². The maximum absolute atomic E-state index is 13.2. The molecule has 0 spiro atoms. The van der Waals surface area contributed by atoms with Gasteiger partial charge in [0.25, 0.3) is 0 Å². The molecule has 0 atom stereocenters. The molecule has 0 radical (unpaired) electrons. The molecular weight excluding hydrogens is 437 g/mol. The van der Waals surface area contributed by atoms with E-state index < -0.39 is 17.7 Å². The monoisotopic (exact) mass is 464 g/mol. The van der Waals surface area contributed by atoms with Gasteiger partial charge in [0, 0.05) is 11.1 Å². The van der Waals surface area contributed by atoms with Gasteiger partial charge in [-0.2, -0.15) is 13.2 Å². The van der Waals surface area contributed by atoms with Crippen molar-refractivity contribution in [1.29, 1.82) is 0 Å². The Morgan fingerprint density at radius 3 is 2.36 bits per heavy atom. The average Bonchev–Trinajstić information content (AvgIpc) is 2.76. The molecule has 2 aromatic rings. The van der Waals surface area contributed by atoms with E-state index in [-0.39, 0.29) is 18.2 Å². The molecule has 0 heterocycles. The number of carbonyl (C=O) groups excluding carboxylic acids is 1. The van der Waals surface area contributed by atoms with Gasteiger partial charge < -0.3 is 14.4 Å². The van der Waals surface area contributed by atoms with Crippen LogP contribution in [0, 0.1) is 12.8 Å². The predicted octanol–water partition coefficient (Wildman–Crippen LogP) is 5.50. The highest BCUT2D eigenvalue weighted by molar-refractivity contribution is 6.43. The summed E-state index contributed by atoms with van der Waals surface area (Å²) in [5.41, 5.74) is 1.81. The standard InChI is InChI=1S/C24H27F3N2O4/c1-15(2)12-21(17-9-7-10-18(13-17)24(25,26)27)28-33-14-20-16(3)8-6-11-19(20)22(29-32-5)23(30)31-4/h6-11,13,15H,12,14H2,1-5H3/b28-21+,29-22+. The van der Waals surface area contributed by atoms with Crippen LogP contribution in [0.2, 0.25) is 0 Å². The van der Waals surface area contributed by atoms with Gasteiger partial charge in [0.05, 0.1) is 18.4 Å². The zero-order valence-corrected chi connectivity index (χ0v) is 19.2. The average molecular weight is 464 g/mol. The number of methoxy groups -OCH3 is 1. The van der Waals surface area contributed by atoms with Crippen molar-refractivity contribution < 1.29 is 32.4 Å². The molecule has 178 valence electrons. The van der Waals surface area contributed by atoms with E-state index in [4.69, 9.17) is 14.4 Å². The van der Waals surface area contributed by atoms with Gasteiger partial charge >= 0.3 is 12.1 Å². The second kappa shape index (κ2) is 11.5. The number of halogens is 3. The lowest BCUT2D eigenvalue weighted by Crippen LogP contribution is -2.20. The Kier molecular flexibility index (Phi) is 9.02. The van der Waals surface area contributed by atoms with Crippen LogP contribution in [0.15, 0.2) is 52.8 Å². The summed E-state index contributed by atoms with van der Waals surface area (Å²) in [6.45, 7) is 5.66. The third-order valence-electron chi connectivity index (χ3n) is 4.74. The Morgan fingerprint density at radius 1 is 1.06 bits per heavy atom. The summed E-state index contributed by atoms with van der Waals surface area (Å²) in [4.78, 5) is 22.5. The van der Waals surface area contributed by atoms with Gasteiger partial charge in [-0.3, -0.25) is 0 Å². The lowest BCUT2D eigenvalue weighted by molar-refractivity contribution is -0.137. The number of benzene rings is 2. The number of oxime groups is 2. The second-order valence-corrected chi connectivity index (χ2v) is 7.70. The van der Waals surface area contributed by atoms with Crippen molar-refractivity contribution in [2.45, 2.75) is 40.0 Å². The fourth-order valence-electron chi connectivity index (χ4n) is 3.14. The molecule has 0 unspecified atom stereocenters. The van der Waals surface area contributed by atoms with Crippen LogP contribution in [0.4, 0.5) is 13.2 Å². The maximum atomic E-state index is 13.2. The van der Waals surface area contributed by atoms with Crippen molar-refractivity contribution in [3.8, 4) is 0 Å². The Hall–Kier alpha value is -3.36. The van der Waals surface area contributed by atoms with Gasteiger partial charge in [-0.05, 0) is 42.5 Å². The van der Waals surface area contributed by atoms with Gasteiger partial charge in [-0.1, -0.05) is 54.5 Å². The number of alkyl halides is 3.